The minimum Gasteiger partial charge on any atom is -0.383 e. The van der Waals surface area contributed by atoms with Crippen LogP contribution in [0.25, 0.3) is 0 Å². The van der Waals surface area contributed by atoms with Gasteiger partial charge in [-0.05, 0) is 69.1 Å². The van der Waals surface area contributed by atoms with Crippen molar-refractivity contribution in [1.29, 1.82) is 0 Å². The topological polar surface area (TPSA) is 23.5 Å². The van der Waals surface area contributed by atoms with Crippen LogP contribution in [0.4, 0.5) is 0 Å². The lowest BCUT2D eigenvalue weighted by molar-refractivity contribution is -0.00282. The zero-order valence-electron chi connectivity index (χ0n) is 14.6. The van der Waals surface area contributed by atoms with Crippen LogP contribution in [0.2, 0.25) is 0 Å². The molecule has 4 rings (SSSR count). The number of nitrogens with zero attached hydrogens (tertiary/aromatic N) is 1. The molecule has 2 aliphatic heterocycles. The maximum absolute atomic E-state index is 11.8. The number of benzene rings is 1. The molecular weight excluding hydrogens is 270 g/mol. The van der Waals surface area contributed by atoms with Crippen molar-refractivity contribution >= 4 is 0 Å². The van der Waals surface area contributed by atoms with Crippen LogP contribution in [0.5, 0.6) is 0 Å². The zero-order chi connectivity index (χ0) is 15.9. The van der Waals surface area contributed by atoms with Crippen molar-refractivity contribution in [1.82, 2.24) is 4.90 Å². The zero-order valence-corrected chi connectivity index (χ0v) is 14.6. The van der Waals surface area contributed by atoms with Crippen molar-refractivity contribution in [2.75, 3.05) is 13.1 Å². The molecule has 0 spiro atoms. The summed E-state index contributed by atoms with van der Waals surface area (Å²) in [5, 5.41) is 11.8. The Bertz CT molecular complexity index is 616. The molecule has 1 N–H and O–H groups in total. The SMILES string of the molecule is Cc1cc(C)c([C@@]2(O)CN3C[C@@H](C)[C@@H]4CC[C@H]2[C@@]43C)c(C)c1. The predicted octanol–water partition coefficient (Wildman–Crippen LogP) is 3.55. The van der Waals surface area contributed by atoms with Gasteiger partial charge in [0.05, 0.1) is 0 Å². The van der Waals surface area contributed by atoms with Gasteiger partial charge in [0.25, 0.3) is 0 Å². The fourth-order valence-corrected chi connectivity index (χ4v) is 6.65. The molecule has 0 amide bonds. The lowest BCUT2D eigenvalue weighted by Crippen LogP contribution is -2.43. The van der Waals surface area contributed by atoms with Gasteiger partial charge in [0.1, 0.15) is 5.60 Å². The first-order valence-corrected chi connectivity index (χ1v) is 8.84. The molecule has 22 heavy (non-hydrogen) atoms. The molecular formula is C20H29NO. The van der Waals surface area contributed by atoms with Crippen LogP contribution in [-0.4, -0.2) is 28.6 Å². The van der Waals surface area contributed by atoms with E-state index in [0.29, 0.717) is 5.92 Å². The maximum Gasteiger partial charge on any atom is 0.107 e. The standard InChI is InChI=1S/C20H29NO/c1-12-8-13(2)18(14(3)9-12)20(22)11-21-10-15(4)16-6-7-17(20)19(16,21)5/h8-9,15-17,22H,6-7,10-11H2,1-5H3/t15-,16+,17+,19-,20-/m1/s1. The summed E-state index contributed by atoms with van der Waals surface area (Å²) >= 11 is 0. The third-order valence-electron chi connectivity index (χ3n) is 7.22. The molecule has 2 heterocycles. The number of rotatable bonds is 1. The molecule has 2 nitrogen and oxygen atoms in total. The second-order valence-corrected chi connectivity index (χ2v) is 8.52. The van der Waals surface area contributed by atoms with Crippen molar-refractivity contribution in [3.63, 3.8) is 0 Å². The van der Waals surface area contributed by atoms with Crippen LogP contribution in [0, 0.1) is 38.5 Å². The van der Waals surface area contributed by atoms with Gasteiger partial charge in [-0.15, -0.1) is 0 Å². The Hall–Kier alpha value is -0.860. The van der Waals surface area contributed by atoms with Crippen molar-refractivity contribution in [3.05, 3.63) is 34.4 Å². The van der Waals surface area contributed by atoms with Gasteiger partial charge in [0.2, 0.25) is 0 Å². The maximum atomic E-state index is 11.8. The molecule has 2 saturated heterocycles. The highest BCUT2D eigenvalue weighted by Crippen LogP contribution is 2.63. The summed E-state index contributed by atoms with van der Waals surface area (Å²) in [6.07, 6.45) is 2.45. The Morgan fingerprint density at radius 2 is 1.77 bits per heavy atom. The highest BCUT2D eigenvalue weighted by molar-refractivity contribution is 5.44. The number of hydrogen-bond donors (Lipinski definition) is 1. The largest absolute Gasteiger partial charge is 0.383 e. The summed E-state index contributed by atoms with van der Waals surface area (Å²) in [6.45, 7) is 13.3. The van der Waals surface area contributed by atoms with Gasteiger partial charge in [0.15, 0.2) is 0 Å². The number of β-amino-alcohol motifs (C(OH)–C–C–N with tert-alkyl or cyclic N) is 1. The van der Waals surface area contributed by atoms with E-state index in [4.69, 9.17) is 0 Å². The first-order chi connectivity index (χ1) is 10.3. The molecule has 120 valence electrons. The number of aryl methyl sites for hydroxylation is 3. The Kier molecular flexibility index (Phi) is 2.92. The molecule has 0 radical (unpaired) electrons. The number of hydrogen-bond acceptors (Lipinski definition) is 2. The highest BCUT2D eigenvalue weighted by Gasteiger charge is 2.68. The fraction of sp³-hybridized carbons (Fsp3) is 0.700. The predicted molar refractivity (Wildman–Crippen MR) is 89.9 cm³/mol. The van der Waals surface area contributed by atoms with E-state index in [1.807, 2.05) is 0 Å². The van der Waals surface area contributed by atoms with E-state index in [9.17, 15) is 5.11 Å². The van der Waals surface area contributed by atoms with Gasteiger partial charge in [-0.3, -0.25) is 4.90 Å². The minimum absolute atomic E-state index is 0.206. The van der Waals surface area contributed by atoms with Gasteiger partial charge in [-0.1, -0.05) is 24.6 Å². The van der Waals surface area contributed by atoms with E-state index in [0.717, 1.165) is 24.9 Å². The Labute approximate surface area is 134 Å². The van der Waals surface area contributed by atoms with Crippen molar-refractivity contribution in [2.45, 2.75) is 58.6 Å². The van der Waals surface area contributed by atoms with Crippen molar-refractivity contribution in [3.8, 4) is 0 Å². The normalized spacial score (nSPS) is 43.8. The quantitative estimate of drug-likeness (QED) is 0.857. The highest BCUT2D eigenvalue weighted by atomic mass is 16.3. The number of aliphatic hydroxyl groups is 1. The lowest BCUT2D eigenvalue weighted by Gasteiger charge is -2.36. The van der Waals surface area contributed by atoms with Gasteiger partial charge >= 0.3 is 0 Å². The van der Waals surface area contributed by atoms with Gasteiger partial charge in [-0.2, -0.15) is 0 Å². The molecule has 3 fully saturated rings. The van der Waals surface area contributed by atoms with E-state index < -0.39 is 5.60 Å². The molecule has 1 aromatic carbocycles. The molecule has 1 saturated carbocycles. The third-order valence-corrected chi connectivity index (χ3v) is 7.22. The first kappa shape index (κ1) is 14.7. The molecule has 0 bridgehead atoms. The van der Waals surface area contributed by atoms with Crippen molar-refractivity contribution in [2.24, 2.45) is 17.8 Å². The molecule has 1 aromatic rings. The summed E-state index contributed by atoms with van der Waals surface area (Å²) in [7, 11) is 0. The van der Waals surface area contributed by atoms with Gasteiger partial charge in [0, 0.05) is 24.5 Å². The first-order valence-electron chi connectivity index (χ1n) is 8.84. The molecule has 5 atom stereocenters. The summed E-state index contributed by atoms with van der Waals surface area (Å²) in [6, 6.07) is 4.47. The van der Waals surface area contributed by atoms with Crippen LogP contribution in [0.15, 0.2) is 12.1 Å². The summed E-state index contributed by atoms with van der Waals surface area (Å²) in [5.41, 5.74) is 4.59. The summed E-state index contributed by atoms with van der Waals surface area (Å²) in [5.74, 6) is 1.92. The summed E-state index contributed by atoms with van der Waals surface area (Å²) < 4.78 is 0. The third kappa shape index (κ3) is 1.58. The molecule has 0 aromatic heterocycles. The molecule has 1 aliphatic carbocycles. The van der Waals surface area contributed by atoms with Crippen LogP contribution in [0.1, 0.15) is 48.9 Å². The summed E-state index contributed by atoms with van der Waals surface area (Å²) in [4.78, 5) is 2.61. The molecule has 0 unspecified atom stereocenters. The van der Waals surface area contributed by atoms with E-state index in [2.05, 4.69) is 51.7 Å². The van der Waals surface area contributed by atoms with E-state index >= 15 is 0 Å². The van der Waals surface area contributed by atoms with Gasteiger partial charge < -0.3 is 5.11 Å². The monoisotopic (exact) mass is 299 g/mol. The molecule has 3 aliphatic rings. The Balaban J connectivity index is 1.85. The second kappa shape index (κ2) is 4.36. The van der Waals surface area contributed by atoms with E-state index in [-0.39, 0.29) is 5.54 Å². The second-order valence-electron chi connectivity index (χ2n) is 8.52. The Morgan fingerprint density at radius 3 is 2.41 bits per heavy atom. The van der Waals surface area contributed by atoms with E-state index in [1.165, 1.54) is 35.1 Å². The van der Waals surface area contributed by atoms with Crippen LogP contribution in [-0.2, 0) is 5.60 Å². The average molecular weight is 299 g/mol. The fourth-order valence-electron chi connectivity index (χ4n) is 6.65. The van der Waals surface area contributed by atoms with Crippen LogP contribution >= 0.6 is 0 Å². The smallest absolute Gasteiger partial charge is 0.107 e. The van der Waals surface area contributed by atoms with Gasteiger partial charge in [-0.25, -0.2) is 0 Å². The average Bonchev–Trinajstić information content (AvgIpc) is 2.92. The minimum atomic E-state index is -0.661. The van der Waals surface area contributed by atoms with Crippen molar-refractivity contribution < 1.29 is 5.11 Å². The van der Waals surface area contributed by atoms with Crippen LogP contribution in [0.3, 0.4) is 0 Å². The molecule has 2 heteroatoms. The Morgan fingerprint density at radius 1 is 1.14 bits per heavy atom. The van der Waals surface area contributed by atoms with Crippen LogP contribution < -0.4 is 0 Å². The van der Waals surface area contributed by atoms with E-state index in [1.54, 1.807) is 0 Å². The lowest BCUT2D eigenvalue weighted by atomic mass is 9.72.